The molecule has 0 aliphatic heterocycles. The normalized spacial score (nSPS) is 23.6. The molecule has 0 aromatic heterocycles. The number of hydrogen-bond donors (Lipinski definition) is 2. The van der Waals surface area contributed by atoms with Crippen molar-refractivity contribution >= 4 is 5.91 Å². The van der Waals surface area contributed by atoms with E-state index in [1.165, 1.54) is 12.1 Å². The third-order valence-corrected chi connectivity index (χ3v) is 2.56. The molecule has 2 atom stereocenters. The number of aliphatic hydroxyl groups excluding tert-OH is 1. The van der Waals surface area contributed by atoms with Crippen molar-refractivity contribution in [2.45, 2.75) is 18.4 Å². The molecule has 1 amide bonds. The lowest BCUT2D eigenvalue weighted by Gasteiger charge is -2.02. The van der Waals surface area contributed by atoms with E-state index >= 15 is 0 Å². The van der Waals surface area contributed by atoms with Crippen LogP contribution in [0.15, 0.2) is 24.3 Å². The second-order valence-electron chi connectivity index (χ2n) is 3.73. The number of carbonyl (C=O) groups is 1. The lowest BCUT2D eigenvalue weighted by atomic mass is 10.1. The molecule has 3 nitrogen and oxygen atoms in total. The standard InChI is InChI=1S/C11H12FNO2/c12-8-3-1-2-7(4-8)9-5-10(9)13-11(15)6-14/h1-4,9-10,14H,5-6H2,(H,13,15)/t9-,10-/m0/s1. The molecule has 0 radical (unpaired) electrons. The molecule has 80 valence electrons. The summed E-state index contributed by atoms with van der Waals surface area (Å²) in [7, 11) is 0. The van der Waals surface area contributed by atoms with Gasteiger partial charge in [0.1, 0.15) is 12.4 Å². The van der Waals surface area contributed by atoms with E-state index in [-0.39, 0.29) is 23.7 Å². The minimum atomic E-state index is -0.494. The summed E-state index contributed by atoms with van der Waals surface area (Å²) in [5.41, 5.74) is 0.901. The smallest absolute Gasteiger partial charge is 0.245 e. The SMILES string of the molecule is O=C(CO)N[C@H]1C[C@H]1c1cccc(F)c1. The van der Waals surface area contributed by atoms with E-state index < -0.39 is 6.61 Å². The van der Waals surface area contributed by atoms with Crippen molar-refractivity contribution in [2.75, 3.05) is 6.61 Å². The monoisotopic (exact) mass is 209 g/mol. The van der Waals surface area contributed by atoms with Crippen molar-refractivity contribution in [1.29, 1.82) is 0 Å². The zero-order valence-corrected chi connectivity index (χ0v) is 8.11. The molecule has 4 heteroatoms. The van der Waals surface area contributed by atoms with Gasteiger partial charge in [0.05, 0.1) is 0 Å². The fraction of sp³-hybridized carbons (Fsp3) is 0.364. The first-order chi connectivity index (χ1) is 7.20. The molecule has 1 fully saturated rings. The highest BCUT2D eigenvalue weighted by Crippen LogP contribution is 2.40. The summed E-state index contributed by atoms with van der Waals surface area (Å²) < 4.78 is 12.9. The largest absolute Gasteiger partial charge is 0.387 e. The van der Waals surface area contributed by atoms with Gasteiger partial charge in [0.25, 0.3) is 0 Å². The van der Waals surface area contributed by atoms with Crippen LogP contribution in [0, 0.1) is 5.82 Å². The van der Waals surface area contributed by atoms with E-state index in [1.807, 2.05) is 6.07 Å². The van der Waals surface area contributed by atoms with Gasteiger partial charge in [-0.1, -0.05) is 12.1 Å². The van der Waals surface area contributed by atoms with Gasteiger partial charge in [-0.3, -0.25) is 4.79 Å². The molecule has 1 aromatic rings. The Bertz CT molecular complexity index is 381. The first-order valence-corrected chi connectivity index (χ1v) is 4.86. The maximum Gasteiger partial charge on any atom is 0.245 e. The summed E-state index contributed by atoms with van der Waals surface area (Å²) in [6.45, 7) is -0.494. The van der Waals surface area contributed by atoms with Gasteiger partial charge in [-0.2, -0.15) is 0 Å². The zero-order chi connectivity index (χ0) is 10.8. The summed E-state index contributed by atoms with van der Waals surface area (Å²) in [4.78, 5) is 10.9. The number of carbonyl (C=O) groups excluding carboxylic acids is 1. The Morgan fingerprint density at radius 2 is 2.40 bits per heavy atom. The minimum Gasteiger partial charge on any atom is -0.387 e. The predicted octanol–water partition coefficient (Wildman–Crippen LogP) is 0.790. The number of hydrogen-bond acceptors (Lipinski definition) is 2. The third kappa shape index (κ3) is 2.33. The summed E-state index contributed by atoms with van der Waals surface area (Å²) in [6, 6.07) is 6.43. The molecule has 15 heavy (non-hydrogen) atoms. The molecule has 0 heterocycles. The maximum absolute atomic E-state index is 12.9. The van der Waals surface area contributed by atoms with Crippen LogP contribution in [0.2, 0.25) is 0 Å². The van der Waals surface area contributed by atoms with Gasteiger partial charge in [0.2, 0.25) is 5.91 Å². The summed E-state index contributed by atoms with van der Waals surface area (Å²) in [5, 5.41) is 11.2. The van der Waals surface area contributed by atoms with Crippen LogP contribution in [0.3, 0.4) is 0 Å². The van der Waals surface area contributed by atoms with Crippen LogP contribution < -0.4 is 5.32 Å². The second-order valence-corrected chi connectivity index (χ2v) is 3.73. The van der Waals surface area contributed by atoms with Gasteiger partial charge in [0.15, 0.2) is 0 Å². The number of nitrogens with one attached hydrogen (secondary N) is 1. The summed E-state index contributed by atoms with van der Waals surface area (Å²) in [5.74, 6) is -0.443. The lowest BCUT2D eigenvalue weighted by Crippen LogP contribution is -2.29. The van der Waals surface area contributed by atoms with Crippen molar-refractivity contribution in [3.8, 4) is 0 Å². The quantitative estimate of drug-likeness (QED) is 0.773. The summed E-state index contributed by atoms with van der Waals surface area (Å²) >= 11 is 0. The fourth-order valence-corrected chi connectivity index (χ4v) is 1.71. The molecule has 1 saturated carbocycles. The van der Waals surface area contributed by atoms with Crippen molar-refractivity contribution < 1.29 is 14.3 Å². The third-order valence-electron chi connectivity index (χ3n) is 2.56. The molecule has 2 N–H and O–H groups in total. The van der Waals surface area contributed by atoms with Gasteiger partial charge >= 0.3 is 0 Å². The molecule has 0 unspecified atom stereocenters. The van der Waals surface area contributed by atoms with Gasteiger partial charge < -0.3 is 10.4 Å². The van der Waals surface area contributed by atoms with E-state index in [0.29, 0.717) is 0 Å². The topological polar surface area (TPSA) is 49.3 Å². The molecule has 1 aliphatic rings. The second kappa shape index (κ2) is 3.98. The number of amides is 1. The van der Waals surface area contributed by atoms with E-state index in [9.17, 15) is 9.18 Å². The van der Waals surface area contributed by atoms with Crippen LogP contribution in [0.1, 0.15) is 17.9 Å². The van der Waals surface area contributed by atoms with E-state index in [2.05, 4.69) is 5.32 Å². The molecule has 0 spiro atoms. The molecular formula is C11H12FNO2. The van der Waals surface area contributed by atoms with Crippen LogP contribution in [-0.4, -0.2) is 23.7 Å². The number of halogens is 1. The number of aliphatic hydroxyl groups is 1. The summed E-state index contributed by atoms with van der Waals surface area (Å²) in [6.07, 6.45) is 0.815. The highest BCUT2D eigenvalue weighted by molar-refractivity contribution is 5.77. The Kier molecular flexibility index (Phi) is 2.68. The Morgan fingerprint density at radius 1 is 1.60 bits per heavy atom. The highest BCUT2D eigenvalue weighted by atomic mass is 19.1. The fourth-order valence-electron chi connectivity index (χ4n) is 1.71. The van der Waals surface area contributed by atoms with Crippen LogP contribution in [-0.2, 0) is 4.79 Å². The maximum atomic E-state index is 12.9. The van der Waals surface area contributed by atoms with Crippen molar-refractivity contribution in [1.82, 2.24) is 5.32 Å². The lowest BCUT2D eigenvalue weighted by molar-refractivity contribution is -0.123. The molecule has 0 bridgehead atoms. The highest BCUT2D eigenvalue weighted by Gasteiger charge is 2.39. The zero-order valence-electron chi connectivity index (χ0n) is 8.11. The van der Waals surface area contributed by atoms with Crippen LogP contribution in [0.25, 0.3) is 0 Å². The van der Waals surface area contributed by atoms with E-state index in [1.54, 1.807) is 6.07 Å². The van der Waals surface area contributed by atoms with Crippen molar-refractivity contribution in [3.05, 3.63) is 35.6 Å². The minimum absolute atomic E-state index is 0.0476. The van der Waals surface area contributed by atoms with Crippen LogP contribution in [0.4, 0.5) is 4.39 Å². The first-order valence-electron chi connectivity index (χ1n) is 4.86. The number of benzene rings is 1. The molecule has 2 rings (SSSR count). The van der Waals surface area contributed by atoms with Crippen LogP contribution >= 0.6 is 0 Å². The van der Waals surface area contributed by atoms with Crippen molar-refractivity contribution in [2.24, 2.45) is 0 Å². The first kappa shape index (κ1) is 10.1. The Morgan fingerprint density at radius 3 is 3.07 bits per heavy atom. The Hall–Kier alpha value is -1.42. The van der Waals surface area contributed by atoms with Gasteiger partial charge in [-0.05, 0) is 24.1 Å². The van der Waals surface area contributed by atoms with Gasteiger partial charge in [0, 0.05) is 12.0 Å². The average molecular weight is 209 g/mol. The van der Waals surface area contributed by atoms with E-state index in [4.69, 9.17) is 5.11 Å². The molecular weight excluding hydrogens is 197 g/mol. The predicted molar refractivity (Wildman–Crippen MR) is 52.8 cm³/mol. The van der Waals surface area contributed by atoms with Crippen molar-refractivity contribution in [3.63, 3.8) is 0 Å². The Labute approximate surface area is 86.9 Å². The van der Waals surface area contributed by atoms with Crippen LogP contribution in [0.5, 0.6) is 0 Å². The van der Waals surface area contributed by atoms with Gasteiger partial charge in [-0.15, -0.1) is 0 Å². The molecule has 1 aromatic carbocycles. The van der Waals surface area contributed by atoms with E-state index in [0.717, 1.165) is 12.0 Å². The molecule has 0 saturated heterocycles. The Balaban J connectivity index is 1.96. The van der Waals surface area contributed by atoms with Gasteiger partial charge in [-0.25, -0.2) is 4.39 Å². The number of rotatable bonds is 3. The average Bonchev–Trinajstić information content (AvgIpc) is 2.97. The molecule has 1 aliphatic carbocycles.